The first kappa shape index (κ1) is 33.5. The number of benzene rings is 3. The Labute approximate surface area is 269 Å². The SMILES string of the molecule is CCN(Cc1ccccc1)S(=O)(=O)c1ccc(C(=O)NCCN2CCN(c3nc4c(OC)ccc(OC)c4s3)CC2)cc1.Cl. The van der Waals surface area contributed by atoms with E-state index in [0.29, 0.717) is 25.2 Å². The van der Waals surface area contributed by atoms with Crippen molar-refractivity contribution >= 4 is 55.0 Å². The number of carbonyl (C=O) groups excluding carboxylic acids is 1. The molecule has 3 aromatic carbocycles. The van der Waals surface area contributed by atoms with Gasteiger partial charge in [0.25, 0.3) is 5.91 Å². The fourth-order valence-corrected chi connectivity index (χ4v) is 7.65. The summed E-state index contributed by atoms with van der Waals surface area (Å²) in [6.07, 6.45) is 0. The van der Waals surface area contributed by atoms with E-state index in [1.54, 1.807) is 37.7 Å². The molecule has 13 heteroatoms. The number of hydrogen-bond donors (Lipinski definition) is 1. The van der Waals surface area contributed by atoms with Crippen LogP contribution in [0.5, 0.6) is 11.5 Å². The van der Waals surface area contributed by atoms with Gasteiger partial charge in [0.05, 0.1) is 19.1 Å². The summed E-state index contributed by atoms with van der Waals surface area (Å²) < 4.78 is 39.8. The molecule has 0 saturated carbocycles. The van der Waals surface area contributed by atoms with Crippen molar-refractivity contribution in [2.75, 3.05) is 64.9 Å². The number of carbonyl (C=O) groups is 1. The molecular formula is C31H38ClN5O5S2. The van der Waals surface area contributed by atoms with Crippen LogP contribution in [0.25, 0.3) is 10.2 Å². The number of nitrogens with one attached hydrogen (secondary N) is 1. The Balaban J connectivity index is 0.00000442. The number of methoxy groups -OCH3 is 2. The van der Waals surface area contributed by atoms with Crippen LogP contribution in [0.4, 0.5) is 5.13 Å². The van der Waals surface area contributed by atoms with Crippen molar-refractivity contribution in [2.24, 2.45) is 0 Å². The van der Waals surface area contributed by atoms with E-state index in [2.05, 4.69) is 15.1 Å². The highest BCUT2D eigenvalue weighted by Gasteiger charge is 2.24. The summed E-state index contributed by atoms with van der Waals surface area (Å²) in [4.78, 5) is 22.4. The molecular weight excluding hydrogens is 622 g/mol. The molecule has 236 valence electrons. The number of piperazine rings is 1. The molecule has 1 N–H and O–H groups in total. The Kier molecular flexibility index (Phi) is 11.4. The summed E-state index contributed by atoms with van der Waals surface area (Å²) in [6, 6.07) is 19.4. The van der Waals surface area contributed by atoms with E-state index in [1.165, 1.54) is 16.4 Å². The van der Waals surface area contributed by atoms with Crippen LogP contribution < -0.4 is 19.7 Å². The van der Waals surface area contributed by atoms with Crippen molar-refractivity contribution < 1.29 is 22.7 Å². The van der Waals surface area contributed by atoms with Crippen LogP contribution in [-0.4, -0.2) is 88.5 Å². The molecule has 2 heterocycles. The number of thiazole rings is 1. The Morgan fingerprint density at radius 2 is 1.61 bits per heavy atom. The minimum atomic E-state index is -3.69. The van der Waals surface area contributed by atoms with Crippen LogP contribution >= 0.6 is 23.7 Å². The van der Waals surface area contributed by atoms with E-state index in [9.17, 15) is 13.2 Å². The molecule has 4 aromatic rings. The number of nitrogens with zero attached hydrogens (tertiary/aromatic N) is 4. The van der Waals surface area contributed by atoms with E-state index in [4.69, 9.17) is 14.5 Å². The molecule has 44 heavy (non-hydrogen) atoms. The maximum absolute atomic E-state index is 13.2. The standard InChI is InChI=1S/C31H37N5O5S2.ClH/c1-4-36(22-23-8-6-5-7-9-23)43(38,39)25-12-10-24(11-13-25)30(37)32-16-17-34-18-20-35(21-19-34)31-33-28-26(40-2)14-15-27(41-3)29(28)42-31;/h5-15H,4,16-22H2,1-3H3,(H,32,37);1H. The first-order valence-corrected chi connectivity index (χ1v) is 16.5. The predicted molar refractivity (Wildman–Crippen MR) is 177 cm³/mol. The summed E-state index contributed by atoms with van der Waals surface area (Å²) in [5.74, 6) is 1.29. The lowest BCUT2D eigenvalue weighted by atomic mass is 10.2. The Morgan fingerprint density at radius 3 is 2.25 bits per heavy atom. The van der Waals surface area contributed by atoms with Crippen molar-refractivity contribution in [2.45, 2.75) is 18.4 Å². The molecule has 0 unspecified atom stereocenters. The number of anilines is 1. The minimum absolute atomic E-state index is 0. The zero-order chi connectivity index (χ0) is 30.4. The summed E-state index contributed by atoms with van der Waals surface area (Å²) in [6.45, 7) is 7.03. The highest BCUT2D eigenvalue weighted by atomic mass is 35.5. The zero-order valence-electron chi connectivity index (χ0n) is 25.1. The number of amides is 1. The van der Waals surface area contributed by atoms with Crippen molar-refractivity contribution in [3.63, 3.8) is 0 Å². The number of halogens is 1. The fraction of sp³-hybridized carbons (Fsp3) is 0.355. The summed E-state index contributed by atoms with van der Waals surface area (Å²) in [5, 5.41) is 3.91. The van der Waals surface area contributed by atoms with Crippen molar-refractivity contribution in [1.82, 2.24) is 19.5 Å². The molecule has 0 aliphatic carbocycles. The monoisotopic (exact) mass is 659 g/mol. The zero-order valence-corrected chi connectivity index (χ0v) is 27.5. The smallest absolute Gasteiger partial charge is 0.251 e. The van der Waals surface area contributed by atoms with Gasteiger partial charge in [0.2, 0.25) is 10.0 Å². The second kappa shape index (κ2) is 15.0. The molecule has 1 aromatic heterocycles. The fourth-order valence-electron chi connectivity index (χ4n) is 5.08. The van der Waals surface area contributed by atoms with E-state index in [1.807, 2.05) is 49.4 Å². The van der Waals surface area contributed by atoms with Gasteiger partial charge in [-0.25, -0.2) is 13.4 Å². The number of aromatic nitrogens is 1. The first-order valence-electron chi connectivity index (χ1n) is 14.2. The van der Waals surface area contributed by atoms with Crippen LogP contribution in [-0.2, 0) is 16.6 Å². The predicted octanol–water partition coefficient (Wildman–Crippen LogP) is 4.50. The Morgan fingerprint density at radius 1 is 0.955 bits per heavy atom. The van der Waals surface area contributed by atoms with Gasteiger partial charge in [-0.2, -0.15) is 4.31 Å². The number of hydrogen-bond acceptors (Lipinski definition) is 9. The molecule has 1 amide bonds. The third-order valence-electron chi connectivity index (χ3n) is 7.56. The first-order chi connectivity index (χ1) is 20.8. The maximum atomic E-state index is 13.2. The molecule has 0 atom stereocenters. The van der Waals surface area contributed by atoms with Gasteiger partial charge in [0.1, 0.15) is 21.7 Å². The third-order valence-corrected chi connectivity index (χ3v) is 10.6. The largest absolute Gasteiger partial charge is 0.495 e. The average molecular weight is 660 g/mol. The van der Waals surface area contributed by atoms with Crippen molar-refractivity contribution in [3.05, 3.63) is 77.9 Å². The van der Waals surface area contributed by atoms with Crippen molar-refractivity contribution in [1.29, 1.82) is 0 Å². The summed E-state index contributed by atoms with van der Waals surface area (Å²) in [7, 11) is -0.385. The van der Waals surface area contributed by atoms with Crippen LogP contribution in [0.3, 0.4) is 0 Å². The van der Waals surface area contributed by atoms with Gasteiger partial charge in [0, 0.05) is 57.9 Å². The second-order valence-corrected chi connectivity index (χ2v) is 13.1. The Bertz CT molecular complexity index is 1600. The lowest BCUT2D eigenvalue weighted by molar-refractivity contribution is 0.0947. The second-order valence-electron chi connectivity index (χ2n) is 10.2. The highest BCUT2D eigenvalue weighted by molar-refractivity contribution is 7.89. The van der Waals surface area contributed by atoms with E-state index >= 15 is 0 Å². The van der Waals surface area contributed by atoms with Gasteiger partial charge in [-0.1, -0.05) is 48.6 Å². The van der Waals surface area contributed by atoms with Gasteiger partial charge in [0.15, 0.2) is 5.13 Å². The lowest BCUT2D eigenvalue weighted by Crippen LogP contribution is -2.48. The van der Waals surface area contributed by atoms with Crippen LogP contribution in [0.15, 0.2) is 71.6 Å². The quantitative estimate of drug-likeness (QED) is 0.237. The maximum Gasteiger partial charge on any atom is 0.251 e. The molecule has 1 aliphatic rings. The summed E-state index contributed by atoms with van der Waals surface area (Å²) >= 11 is 1.60. The van der Waals surface area contributed by atoms with Gasteiger partial charge in [-0.3, -0.25) is 9.69 Å². The van der Waals surface area contributed by atoms with Gasteiger partial charge >= 0.3 is 0 Å². The molecule has 10 nitrogen and oxygen atoms in total. The molecule has 1 aliphatic heterocycles. The lowest BCUT2D eigenvalue weighted by Gasteiger charge is -2.34. The number of fused-ring (bicyclic) bond motifs is 1. The van der Waals surface area contributed by atoms with E-state index in [-0.39, 0.29) is 23.2 Å². The Hall–Kier alpha value is -3.42. The van der Waals surface area contributed by atoms with E-state index < -0.39 is 10.0 Å². The number of sulfonamides is 1. The van der Waals surface area contributed by atoms with Crippen LogP contribution in [0.1, 0.15) is 22.8 Å². The number of rotatable bonds is 12. The molecule has 0 bridgehead atoms. The van der Waals surface area contributed by atoms with Gasteiger partial charge in [-0.15, -0.1) is 12.4 Å². The van der Waals surface area contributed by atoms with Crippen LogP contribution in [0, 0.1) is 0 Å². The minimum Gasteiger partial charge on any atom is -0.495 e. The molecule has 1 fully saturated rings. The van der Waals surface area contributed by atoms with Gasteiger partial charge in [-0.05, 0) is 42.0 Å². The topological polar surface area (TPSA) is 104 Å². The molecule has 5 rings (SSSR count). The summed E-state index contributed by atoms with van der Waals surface area (Å²) in [5.41, 5.74) is 2.16. The highest BCUT2D eigenvalue weighted by Crippen LogP contribution is 2.40. The van der Waals surface area contributed by atoms with Crippen LogP contribution in [0.2, 0.25) is 0 Å². The van der Waals surface area contributed by atoms with E-state index in [0.717, 1.165) is 65.1 Å². The normalized spacial score (nSPS) is 14.0. The van der Waals surface area contributed by atoms with Gasteiger partial charge < -0.3 is 19.7 Å². The molecule has 0 radical (unpaired) electrons. The third kappa shape index (κ3) is 7.44. The molecule has 1 saturated heterocycles. The molecule has 0 spiro atoms. The van der Waals surface area contributed by atoms with Crippen molar-refractivity contribution in [3.8, 4) is 11.5 Å². The average Bonchev–Trinajstić information content (AvgIpc) is 3.50. The number of ether oxygens (including phenoxy) is 2.